The molecule has 98 valence electrons. The van der Waals surface area contributed by atoms with Crippen molar-refractivity contribution in [2.24, 2.45) is 0 Å². The van der Waals surface area contributed by atoms with Gasteiger partial charge in [-0.2, -0.15) is 0 Å². The number of aromatic nitrogens is 2. The number of hydrogen-bond donors (Lipinski definition) is 2. The third kappa shape index (κ3) is 2.43. The van der Waals surface area contributed by atoms with Crippen LogP contribution in [0.15, 0.2) is 11.4 Å². The summed E-state index contributed by atoms with van der Waals surface area (Å²) in [7, 11) is 0. The molecule has 0 fully saturated rings. The maximum Gasteiger partial charge on any atom is 0.225 e. The predicted octanol–water partition coefficient (Wildman–Crippen LogP) is 3.31. The van der Waals surface area contributed by atoms with Crippen molar-refractivity contribution in [1.82, 2.24) is 9.97 Å². The molecule has 2 rings (SSSR count). The summed E-state index contributed by atoms with van der Waals surface area (Å²) in [6.07, 6.45) is 1.63. The van der Waals surface area contributed by atoms with Crippen molar-refractivity contribution in [2.75, 3.05) is 11.9 Å². The number of fused-ring (bicyclic) bond motifs is 1. The van der Waals surface area contributed by atoms with Crippen LogP contribution in [0.1, 0.15) is 26.7 Å². The number of hydrogen-bond acceptors (Lipinski definition) is 5. The minimum Gasteiger partial charge on any atom is -0.394 e. The molecule has 2 aromatic rings. The smallest absolute Gasteiger partial charge is 0.225 e. The van der Waals surface area contributed by atoms with Crippen LogP contribution in [0.2, 0.25) is 5.28 Å². The van der Waals surface area contributed by atoms with E-state index in [-0.39, 0.29) is 17.4 Å². The van der Waals surface area contributed by atoms with Crippen LogP contribution in [0, 0.1) is 0 Å². The molecule has 0 atom stereocenters. The summed E-state index contributed by atoms with van der Waals surface area (Å²) in [5.41, 5.74) is -0.355. The molecule has 0 aromatic carbocycles. The second kappa shape index (κ2) is 5.38. The van der Waals surface area contributed by atoms with Crippen molar-refractivity contribution in [3.63, 3.8) is 0 Å². The second-order valence-corrected chi connectivity index (χ2v) is 5.48. The number of rotatable bonds is 5. The third-order valence-corrected chi connectivity index (χ3v) is 4.31. The Balaban J connectivity index is 2.44. The number of anilines is 1. The monoisotopic (exact) mass is 285 g/mol. The summed E-state index contributed by atoms with van der Waals surface area (Å²) >= 11 is 7.45. The van der Waals surface area contributed by atoms with Gasteiger partial charge in [-0.05, 0) is 35.9 Å². The molecule has 0 saturated carbocycles. The van der Waals surface area contributed by atoms with E-state index in [1.807, 2.05) is 25.3 Å². The SMILES string of the molecule is CCC(CC)(CO)Nc1nc(Cl)nc2sccc12. The van der Waals surface area contributed by atoms with Crippen LogP contribution in [-0.4, -0.2) is 27.2 Å². The number of thiophene rings is 1. The molecular weight excluding hydrogens is 270 g/mol. The average molecular weight is 286 g/mol. The maximum absolute atomic E-state index is 9.59. The lowest BCUT2D eigenvalue weighted by Gasteiger charge is -2.31. The van der Waals surface area contributed by atoms with Gasteiger partial charge in [-0.15, -0.1) is 11.3 Å². The van der Waals surface area contributed by atoms with Gasteiger partial charge < -0.3 is 10.4 Å². The normalized spacial score (nSPS) is 12.0. The van der Waals surface area contributed by atoms with Gasteiger partial charge in [0, 0.05) is 0 Å². The lowest BCUT2D eigenvalue weighted by Crippen LogP contribution is -2.41. The average Bonchev–Trinajstić information content (AvgIpc) is 2.84. The molecule has 2 N–H and O–H groups in total. The molecule has 0 radical (unpaired) electrons. The number of nitrogens with one attached hydrogen (secondary N) is 1. The van der Waals surface area contributed by atoms with Gasteiger partial charge in [0.1, 0.15) is 10.6 Å². The van der Waals surface area contributed by atoms with Crippen molar-refractivity contribution in [3.8, 4) is 0 Å². The fourth-order valence-corrected chi connectivity index (χ4v) is 2.85. The van der Waals surface area contributed by atoms with Crippen LogP contribution < -0.4 is 5.32 Å². The van der Waals surface area contributed by atoms with Crippen molar-refractivity contribution >= 4 is 39.0 Å². The molecule has 0 amide bonds. The fraction of sp³-hybridized carbons (Fsp3) is 0.500. The Kier molecular flexibility index (Phi) is 4.04. The molecule has 0 unspecified atom stereocenters. The molecule has 0 spiro atoms. The topological polar surface area (TPSA) is 58.0 Å². The van der Waals surface area contributed by atoms with E-state index < -0.39 is 0 Å². The molecule has 2 aromatic heterocycles. The Morgan fingerprint density at radius 1 is 1.39 bits per heavy atom. The van der Waals surface area contributed by atoms with Gasteiger partial charge in [-0.3, -0.25) is 0 Å². The Hall–Kier alpha value is -0.910. The van der Waals surface area contributed by atoms with Gasteiger partial charge in [-0.25, -0.2) is 9.97 Å². The Morgan fingerprint density at radius 3 is 2.72 bits per heavy atom. The largest absolute Gasteiger partial charge is 0.394 e. The molecular formula is C12H16ClN3OS. The van der Waals surface area contributed by atoms with Gasteiger partial charge in [0.15, 0.2) is 0 Å². The van der Waals surface area contributed by atoms with E-state index in [1.165, 1.54) is 11.3 Å². The summed E-state index contributed by atoms with van der Waals surface area (Å²) in [6, 6.07) is 1.96. The Bertz CT molecular complexity index is 531. The zero-order valence-corrected chi connectivity index (χ0v) is 12.0. The summed E-state index contributed by atoms with van der Waals surface area (Å²) in [5.74, 6) is 0.698. The zero-order valence-electron chi connectivity index (χ0n) is 10.4. The molecule has 0 saturated heterocycles. The van der Waals surface area contributed by atoms with E-state index >= 15 is 0 Å². The molecule has 0 aliphatic rings. The zero-order chi connectivity index (χ0) is 13.2. The van der Waals surface area contributed by atoms with Crippen LogP contribution in [0.25, 0.3) is 10.2 Å². The lowest BCUT2D eigenvalue weighted by atomic mass is 9.94. The van der Waals surface area contributed by atoms with E-state index in [9.17, 15) is 5.11 Å². The van der Waals surface area contributed by atoms with Crippen molar-refractivity contribution in [3.05, 3.63) is 16.7 Å². The number of aliphatic hydroxyl groups excluding tert-OH is 1. The highest BCUT2D eigenvalue weighted by molar-refractivity contribution is 7.16. The Labute approximate surface area is 115 Å². The molecule has 0 bridgehead atoms. The van der Waals surface area contributed by atoms with Crippen LogP contribution in [0.5, 0.6) is 0 Å². The number of aliphatic hydroxyl groups is 1. The highest BCUT2D eigenvalue weighted by Gasteiger charge is 2.26. The molecule has 0 aliphatic heterocycles. The summed E-state index contributed by atoms with van der Waals surface area (Å²) in [6.45, 7) is 4.15. The third-order valence-electron chi connectivity index (χ3n) is 3.34. The summed E-state index contributed by atoms with van der Waals surface area (Å²) in [5, 5.41) is 16.1. The van der Waals surface area contributed by atoms with Crippen molar-refractivity contribution < 1.29 is 5.11 Å². The van der Waals surface area contributed by atoms with E-state index in [0.717, 1.165) is 23.1 Å². The van der Waals surface area contributed by atoms with Crippen molar-refractivity contribution in [2.45, 2.75) is 32.2 Å². The standard InChI is InChI=1S/C12H16ClN3OS/c1-3-12(4-2,7-17)16-9-8-5-6-18-10(8)15-11(13)14-9/h5-6,17H,3-4,7H2,1-2H3,(H,14,15,16). The van der Waals surface area contributed by atoms with E-state index in [1.54, 1.807) is 0 Å². The summed E-state index contributed by atoms with van der Waals surface area (Å²) in [4.78, 5) is 9.27. The first-order valence-corrected chi connectivity index (χ1v) is 7.19. The fourth-order valence-electron chi connectivity index (χ4n) is 1.87. The van der Waals surface area contributed by atoms with Crippen LogP contribution in [-0.2, 0) is 0 Å². The van der Waals surface area contributed by atoms with E-state index in [4.69, 9.17) is 11.6 Å². The molecule has 2 heterocycles. The van der Waals surface area contributed by atoms with Gasteiger partial charge in [0.25, 0.3) is 0 Å². The first-order valence-electron chi connectivity index (χ1n) is 5.94. The second-order valence-electron chi connectivity index (χ2n) is 4.25. The molecule has 6 heteroatoms. The number of halogens is 1. The maximum atomic E-state index is 9.59. The van der Waals surface area contributed by atoms with Gasteiger partial charge in [0.05, 0.1) is 17.5 Å². The minimum absolute atomic E-state index is 0.0628. The highest BCUT2D eigenvalue weighted by Crippen LogP contribution is 2.30. The van der Waals surface area contributed by atoms with Crippen molar-refractivity contribution in [1.29, 1.82) is 0 Å². The van der Waals surface area contributed by atoms with E-state index in [0.29, 0.717) is 5.82 Å². The predicted molar refractivity (Wildman–Crippen MR) is 76.4 cm³/mol. The van der Waals surface area contributed by atoms with Crippen LogP contribution in [0.4, 0.5) is 5.82 Å². The Morgan fingerprint density at radius 2 is 2.11 bits per heavy atom. The van der Waals surface area contributed by atoms with Gasteiger partial charge in [-0.1, -0.05) is 13.8 Å². The highest BCUT2D eigenvalue weighted by atomic mass is 35.5. The van der Waals surface area contributed by atoms with Crippen LogP contribution >= 0.6 is 22.9 Å². The minimum atomic E-state index is -0.355. The lowest BCUT2D eigenvalue weighted by molar-refractivity contribution is 0.202. The van der Waals surface area contributed by atoms with Crippen LogP contribution in [0.3, 0.4) is 0 Å². The van der Waals surface area contributed by atoms with Gasteiger partial charge >= 0.3 is 0 Å². The quantitative estimate of drug-likeness (QED) is 0.828. The molecule has 4 nitrogen and oxygen atoms in total. The molecule has 0 aliphatic carbocycles. The molecule has 18 heavy (non-hydrogen) atoms. The first kappa shape index (κ1) is 13.5. The van der Waals surface area contributed by atoms with Gasteiger partial charge in [0.2, 0.25) is 5.28 Å². The summed E-state index contributed by atoms with van der Waals surface area (Å²) < 4.78 is 0. The number of nitrogens with zero attached hydrogens (tertiary/aromatic N) is 2. The first-order chi connectivity index (χ1) is 8.64. The van der Waals surface area contributed by atoms with E-state index in [2.05, 4.69) is 15.3 Å².